The number of para-hydroxylation sites is 2. The van der Waals surface area contributed by atoms with E-state index >= 15 is 0 Å². The monoisotopic (exact) mass is 330 g/mol. The Kier molecular flexibility index (Phi) is 5.78. The van der Waals surface area contributed by atoms with E-state index in [1.807, 2.05) is 6.92 Å². The first kappa shape index (κ1) is 17.3. The van der Waals surface area contributed by atoms with Gasteiger partial charge in [-0.1, -0.05) is 31.2 Å². The van der Waals surface area contributed by atoms with Gasteiger partial charge >= 0.3 is 11.9 Å². The van der Waals surface area contributed by atoms with E-state index in [4.69, 9.17) is 9.47 Å². The average molecular weight is 330 g/mol. The fourth-order valence-corrected chi connectivity index (χ4v) is 2.04. The number of carbonyl (C=O) groups excluding carboxylic acids is 2. The van der Waals surface area contributed by atoms with Crippen LogP contribution in [-0.4, -0.2) is 28.4 Å². The van der Waals surface area contributed by atoms with Gasteiger partial charge in [0.05, 0.1) is 0 Å². The van der Waals surface area contributed by atoms with Crippen molar-refractivity contribution >= 4 is 11.9 Å². The first-order chi connectivity index (χ1) is 11.5. The zero-order valence-electron chi connectivity index (χ0n) is 13.1. The number of phenolic OH excluding ortho intramolecular Hbond substituents is 2. The molecule has 2 N–H and O–H groups in total. The second-order valence-electron chi connectivity index (χ2n) is 5.06. The molecular formula is C18H18O6. The van der Waals surface area contributed by atoms with Crippen LogP contribution in [0.2, 0.25) is 0 Å². The smallest absolute Gasteiger partial charge is 0.344 e. The van der Waals surface area contributed by atoms with Gasteiger partial charge in [0.2, 0.25) is 6.29 Å². The summed E-state index contributed by atoms with van der Waals surface area (Å²) in [5, 5.41) is 19.4. The second kappa shape index (κ2) is 8.01. The molecule has 6 nitrogen and oxygen atoms in total. The van der Waals surface area contributed by atoms with Crippen LogP contribution in [0.3, 0.4) is 0 Å². The Bertz CT molecular complexity index is 665. The highest BCUT2D eigenvalue weighted by Gasteiger charge is 2.23. The third kappa shape index (κ3) is 4.25. The topological polar surface area (TPSA) is 93.1 Å². The molecular weight excluding hydrogens is 312 g/mol. The predicted molar refractivity (Wildman–Crippen MR) is 85.7 cm³/mol. The van der Waals surface area contributed by atoms with Crippen LogP contribution < -0.4 is 0 Å². The molecule has 2 aromatic rings. The lowest BCUT2D eigenvalue weighted by Gasteiger charge is -2.18. The molecule has 0 aliphatic carbocycles. The first-order valence-corrected chi connectivity index (χ1v) is 7.51. The lowest BCUT2D eigenvalue weighted by atomic mass is 10.2. The van der Waals surface area contributed by atoms with Gasteiger partial charge < -0.3 is 19.7 Å². The van der Waals surface area contributed by atoms with E-state index in [1.165, 1.54) is 24.3 Å². The molecule has 0 aliphatic rings. The summed E-state index contributed by atoms with van der Waals surface area (Å²) in [5.41, 5.74) is -0.0329. The summed E-state index contributed by atoms with van der Waals surface area (Å²) in [6, 6.07) is 11.9. The van der Waals surface area contributed by atoms with Crippen LogP contribution in [0.5, 0.6) is 11.5 Å². The van der Waals surface area contributed by atoms with Gasteiger partial charge in [-0.25, -0.2) is 9.59 Å². The van der Waals surface area contributed by atoms with Crippen LogP contribution in [0.25, 0.3) is 0 Å². The third-order valence-electron chi connectivity index (χ3n) is 3.25. The molecule has 0 fully saturated rings. The van der Waals surface area contributed by atoms with Gasteiger partial charge in [0, 0.05) is 6.42 Å². The fraction of sp³-hybridized carbons (Fsp3) is 0.222. The van der Waals surface area contributed by atoms with Gasteiger partial charge in [0.1, 0.15) is 22.6 Å². The summed E-state index contributed by atoms with van der Waals surface area (Å²) in [7, 11) is 0. The minimum Gasteiger partial charge on any atom is -0.507 e. The lowest BCUT2D eigenvalue weighted by molar-refractivity contribution is -0.0832. The van der Waals surface area contributed by atoms with Gasteiger partial charge in [-0.3, -0.25) is 0 Å². The average Bonchev–Trinajstić information content (AvgIpc) is 2.55. The molecule has 0 spiro atoms. The third-order valence-corrected chi connectivity index (χ3v) is 3.25. The molecule has 126 valence electrons. The number of hydrogen-bond acceptors (Lipinski definition) is 6. The predicted octanol–water partition coefficient (Wildman–Crippen LogP) is 3.24. The second-order valence-corrected chi connectivity index (χ2v) is 5.06. The van der Waals surface area contributed by atoms with Crippen molar-refractivity contribution in [2.24, 2.45) is 0 Å². The van der Waals surface area contributed by atoms with Crippen LogP contribution in [-0.2, 0) is 9.47 Å². The fourth-order valence-electron chi connectivity index (χ4n) is 2.04. The molecule has 0 bridgehead atoms. The highest BCUT2D eigenvalue weighted by molar-refractivity contribution is 5.93. The number of carbonyl (C=O) groups is 2. The van der Waals surface area contributed by atoms with Crippen molar-refractivity contribution in [1.29, 1.82) is 0 Å². The standard InChI is InChI=1S/C18H18O6/c1-2-7-16(23-17(21)12-8-3-5-10-14(12)19)24-18(22)13-9-4-6-11-15(13)20/h3-6,8-11,16,19-20H,2,7H2,1H3. The van der Waals surface area contributed by atoms with E-state index in [1.54, 1.807) is 24.3 Å². The Morgan fingerprint density at radius 3 is 1.67 bits per heavy atom. The lowest BCUT2D eigenvalue weighted by Crippen LogP contribution is -2.25. The Labute approximate surface area is 139 Å². The molecule has 0 aromatic heterocycles. The number of ether oxygens (including phenoxy) is 2. The van der Waals surface area contributed by atoms with Crippen LogP contribution in [0.15, 0.2) is 48.5 Å². The van der Waals surface area contributed by atoms with Crippen LogP contribution >= 0.6 is 0 Å². The molecule has 2 aromatic carbocycles. The van der Waals surface area contributed by atoms with Gasteiger partial charge in [0.15, 0.2) is 0 Å². The normalized spacial score (nSPS) is 10.4. The van der Waals surface area contributed by atoms with E-state index in [0.29, 0.717) is 12.8 Å². The van der Waals surface area contributed by atoms with Gasteiger partial charge in [0.25, 0.3) is 0 Å². The zero-order valence-corrected chi connectivity index (χ0v) is 13.1. The van der Waals surface area contributed by atoms with Gasteiger partial charge in [-0.15, -0.1) is 0 Å². The van der Waals surface area contributed by atoms with Crippen LogP contribution in [0, 0.1) is 0 Å². The van der Waals surface area contributed by atoms with Crippen molar-refractivity contribution in [3.63, 3.8) is 0 Å². The molecule has 0 heterocycles. The van der Waals surface area contributed by atoms with E-state index in [-0.39, 0.29) is 22.6 Å². The van der Waals surface area contributed by atoms with E-state index in [0.717, 1.165) is 0 Å². The maximum Gasteiger partial charge on any atom is 0.344 e. The largest absolute Gasteiger partial charge is 0.507 e. The van der Waals surface area contributed by atoms with Gasteiger partial charge in [-0.05, 0) is 30.7 Å². The quantitative estimate of drug-likeness (QED) is 0.624. The number of hydrogen-bond donors (Lipinski definition) is 2. The summed E-state index contributed by atoms with van der Waals surface area (Å²) < 4.78 is 10.3. The number of rotatable bonds is 6. The number of esters is 2. The van der Waals surface area contributed by atoms with Crippen LogP contribution in [0.1, 0.15) is 40.5 Å². The summed E-state index contributed by atoms with van der Waals surface area (Å²) >= 11 is 0. The van der Waals surface area contributed by atoms with Crippen molar-refractivity contribution in [2.75, 3.05) is 0 Å². The molecule has 0 amide bonds. The Balaban J connectivity index is 2.09. The highest BCUT2D eigenvalue weighted by Crippen LogP contribution is 2.21. The minimum absolute atomic E-state index is 0.0165. The van der Waals surface area contributed by atoms with Crippen molar-refractivity contribution in [2.45, 2.75) is 26.1 Å². The van der Waals surface area contributed by atoms with Gasteiger partial charge in [-0.2, -0.15) is 0 Å². The Morgan fingerprint density at radius 2 is 1.29 bits per heavy atom. The molecule has 0 saturated carbocycles. The van der Waals surface area contributed by atoms with Crippen molar-refractivity contribution in [3.8, 4) is 11.5 Å². The SMILES string of the molecule is CCCC(OC(=O)c1ccccc1O)OC(=O)c1ccccc1O. The number of phenols is 2. The first-order valence-electron chi connectivity index (χ1n) is 7.51. The van der Waals surface area contributed by atoms with Crippen molar-refractivity contribution in [3.05, 3.63) is 59.7 Å². The summed E-state index contributed by atoms with van der Waals surface area (Å²) in [4.78, 5) is 24.2. The van der Waals surface area contributed by atoms with Crippen LogP contribution in [0.4, 0.5) is 0 Å². The number of benzene rings is 2. The molecule has 0 radical (unpaired) electrons. The molecule has 0 unspecified atom stereocenters. The Morgan fingerprint density at radius 1 is 0.875 bits per heavy atom. The molecule has 24 heavy (non-hydrogen) atoms. The molecule has 6 heteroatoms. The maximum absolute atomic E-state index is 12.1. The van der Waals surface area contributed by atoms with Crippen molar-refractivity contribution < 1.29 is 29.3 Å². The summed E-state index contributed by atoms with van der Waals surface area (Å²) in [6.07, 6.45) is -0.222. The van der Waals surface area contributed by atoms with E-state index < -0.39 is 18.2 Å². The van der Waals surface area contributed by atoms with Crippen molar-refractivity contribution in [1.82, 2.24) is 0 Å². The zero-order chi connectivity index (χ0) is 17.5. The molecule has 2 rings (SSSR count). The summed E-state index contributed by atoms with van der Waals surface area (Å²) in [5.74, 6) is -2.03. The molecule has 0 aliphatic heterocycles. The Hall–Kier alpha value is -3.02. The molecule has 0 saturated heterocycles. The van der Waals surface area contributed by atoms with E-state index in [2.05, 4.69) is 0 Å². The van der Waals surface area contributed by atoms with E-state index in [9.17, 15) is 19.8 Å². The number of aromatic hydroxyl groups is 2. The summed E-state index contributed by atoms with van der Waals surface area (Å²) in [6.45, 7) is 1.84. The molecule has 0 atom stereocenters. The minimum atomic E-state index is -1.12. The highest BCUT2D eigenvalue weighted by atomic mass is 16.7. The maximum atomic E-state index is 12.1.